The molecule has 0 radical (unpaired) electrons. The number of carbonyl (C=O) groups excluding carboxylic acids is 2. The summed E-state index contributed by atoms with van der Waals surface area (Å²) in [5.74, 6) is 1.59. The largest absolute Gasteiger partial charge is 0.491 e. The predicted octanol–water partition coefficient (Wildman–Crippen LogP) is 3.39. The molecule has 2 aromatic carbocycles. The summed E-state index contributed by atoms with van der Waals surface area (Å²) in [7, 11) is 0. The smallest absolute Gasteiger partial charge is 0.238 e. The van der Waals surface area contributed by atoms with E-state index >= 15 is 0 Å². The van der Waals surface area contributed by atoms with Crippen molar-refractivity contribution in [1.29, 1.82) is 0 Å². The summed E-state index contributed by atoms with van der Waals surface area (Å²) in [6.07, 6.45) is 0. The van der Waals surface area contributed by atoms with Gasteiger partial charge in [0.1, 0.15) is 18.1 Å². The van der Waals surface area contributed by atoms with Gasteiger partial charge in [-0.2, -0.15) is 0 Å². The molecular weight excluding hydrogens is 390 g/mol. The number of benzene rings is 2. The molecule has 0 aliphatic rings. The number of hydrogen-bond acceptors (Lipinski definition) is 6. The molecule has 8 heteroatoms. The van der Waals surface area contributed by atoms with Crippen LogP contribution >= 0.6 is 11.8 Å². The molecule has 0 saturated heterocycles. The molecule has 7 nitrogen and oxygen atoms in total. The van der Waals surface area contributed by atoms with Crippen molar-refractivity contribution in [3.63, 3.8) is 0 Å². The number of nitrogens with one attached hydrogen (secondary N) is 2. The Morgan fingerprint density at radius 1 is 1.21 bits per heavy atom. The molecular formula is C21H23N3O4S. The van der Waals surface area contributed by atoms with Gasteiger partial charge in [0.2, 0.25) is 11.8 Å². The van der Waals surface area contributed by atoms with E-state index in [1.54, 1.807) is 19.9 Å². The molecule has 1 unspecified atom stereocenters. The quantitative estimate of drug-likeness (QED) is 0.522. The summed E-state index contributed by atoms with van der Waals surface area (Å²) in [5, 5.41) is 10.9. The maximum Gasteiger partial charge on any atom is 0.238 e. The van der Waals surface area contributed by atoms with Crippen molar-refractivity contribution in [2.45, 2.75) is 19.1 Å². The summed E-state index contributed by atoms with van der Waals surface area (Å²) in [4.78, 5) is 24.1. The van der Waals surface area contributed by atoms with E-state index in [0.717, 1.165) is 16.5 Å². The number of amides is 2. The standard InChI is InChI=1S/C21H23N3O4S/c1-14-12-19(24-28-14)23-21(26)15(2)29-13-20(25)22-10-11-27-18-9-5-7-16-6-3-4-8-17(16)18/h3-9,12,15H,10-11,13H2,1-2H3,(H,22,25)(H,23,24,26). The fraction of sp³-hybridized carbons (Fsp3) is 0.286. The van der Waals surface area contributed by atoms with Crippen LogP contribution in [0, 0.1) is 6.92 Å². The SMILES string of the molecule is Cc1cc(NC(=O)C(C)SCC(=O)NCCOc2cccc3ccccc23)no1. The number of hydrogen-bond donors (Lipinski definition) is 2. The first-order valence-corrected chi connectivity index (χ1v) is 10.3. The lowest BCUT2D eigenvalue weighted by Gasteiger charge is -2.12. The lowest BCUT2D eigenvalue weighted by atomic mass is 10.1. The van der Waals surface area contributed by atoms with Crippen molar-refractivity contribution in [2.75, 3.05) is 24.2 Å². The van der Waals surface area contributed by atoms with Gasteiger partial charge in [0.15, 0.2) is 5.82 Å². The molecule has 1 atom stereocenters. The lowest BCUT2D eigenvalue weighted by molar-refractivity contribution is -0.118. The Balaban J connectivity index is 1.36. The average Bonchev–Trinajstić information content (AvgIpc) is 3.14. The van der Waals surface area contributed by atoms with E-state index in [2.05, 4.69) is 15.8 Å². The van der Waals surface area contributed by atoms with Crippen LogP contribution in [-0.2, 0) is 9.59 Å². The van der Waals surface area contributed by atoms with Crippen LogP contribution in [-0.4, -0.2) is 41.1 Å². The number of fused-ring (bicyclic) bond motifs is 1. The maximum absolute atomic E-state index is 12.1. The van der Waals surface area contributed by atoms with Crippen LogP contribution in [0.5, 0.6) is 5.75 Å². The van der Waals surface area contributed by atoms with Gasteiger partial charge < -0.3 is 19.9 Å². The normalized spacial score (nSPS) is 11.8. The molecule has 2 amide bonds. The zero-order valence-electron chi connectivity index (χ0n) is 16.3. The van der Waals surface area contributed by atoms with E-state index in [-0.39, 0.29) is 17.6 Å². The number of carbonyl (C=O) groups is 2. The van der Waals surface area contributed by atoms with E-state index < -0.39 is 5.25 Å². The molecule has 0 spiro atoms. The molecule has 0 bridgehead atoms. The van der Waals surface area contributed by atoms with Crippen LogP contribution in [0.2, 0.25) is 0 Å². The van der Waals surface area contributed by atoms with Gasteiger partial charge in [-0.25, -0.2) is 0 Å². The molecule has 3 rings (SSSR count). The molecule has 0 fully saturated rings. The summed E-state index contributed by atoms with van der Waals surface area (Å²) in [6.45, 7) is 4.24. The highest BCUT2D eigenvalue weighted by atomic mass is 32.2. The second kappa shape index (κ2) is 9.97. The second-order valence-electron chi connectivity index (χ2n) is 6.44. The van der Waals surface area contributed by atoms with Crippen LogP contribution in [0.1, 0.15) is 12.7 Å². The maximum atomic E-state index is 12.1. The van der Waals surface area contributed by atoms with Crippen molar-refractivity contribution < 1.29 is 18.8 Å². The molecule has 0 aliphatic carbocycles. The number of nitrogens with zero attached hydrogens (tertiary/aromatic N) is 1. The minimum absolute atomic E-state index is 0.145. The lowest BCUT2D eigenvalue weighted by Crippen LogP contribution is -2.31. The Labute approximate surface area is 173 Å². The highest BCUT2D eigenvalue weighted by Gasteiger charge is 2.16. The van der Waals surface area contributed by atoms with Crippen molar-refractivity contribution >= 4 is 40.2 Å². The van der Waals surface area contributed by atoms with Crippen molar-refractivity contribution in [3.8, 4) is 5.75 Å². The van der Waals surface area contributed by atoms with Gasteiger partial charge in [-0.15, -0.1) is 11.8 Å². The van der Waals surface area contributed by atoms with E-state index in [1.807, 2.05) is 42.5 Å². The van der Waals surface area contributed by atoms with Gasteiger partial charge in [0, 0.05) is 11.5 Å². The van der Waals surface area contributed by atoms with Gasteiger partial charge in [0.05, 0.1) is 17.5 Å². The fourth-order valence-corrected chi connectivity index (χ4v) is 3.37. The van der Waals surface area contributed by atoms with Crippen molar-refractivity contribution in [2.24, 2.45) is 0 Å². The Morgan fingerprint density at radius 3 is 2.79 bits per heavy atom. The predicted molar refractivity (Wildman–Crippen MR) is 114 cm³/mol. The molecule has 1 aromatic heterocycles. The zero-order chi connectivity index (χ0) is 20.6. The first kappa shape index (κ1) is 20.7. The highest BCUT2D eigenvalue weighted by molar-refractivity contribution is 8.01. The topological polar surface area (TPSA) is 93.5 Å². The number of aromatic nitrogens is 1. The van der Waals surface area contributed by atoms with Crippen LogP contribution in [0.4, 0.5) is 5.82 Å². The Bertz CT molecular complexity index is 983. The molecule has 29 heavy (non-hydrogen) atoms. The minimum atomic E-state index is -0.398. The molecule has 152 valence electrons. The van der Waals surface area contributed by atoms with Gasteiger partial charge in [-0.05, 0) is 25.3 Å². The molecule has 1 heterocycles. The van der Waals surface area contributed by atoms with Crippen LogP contribution in [0.25, 0.3) is 10.8 Å². The number of anilines is 1. The van der Waals surface area contributed by atoms with E-state index in [0.29, 0.717) is 24.7 Å². The molecule has 2 N–H and O–H groups in total. The number of rotatable bonds is 9. The summed E-state index contributed by atoms with van der Waals surface area (Å²) in [5.41, 5.74) is 0. The monoisotopic (exact) mass is 413 g/mol. The second-order valence-corrected chi connectivity index (χ2v) is 7.77. The summed E-state index contributed by atoms with van der Waals surface area (Å²) >= 11 is 1.25. The Kier molecular flexibility index (Phi) is 7.13. The average molecular weight is 413 g/mol. The summed E-state index contributed by atoms with van der Waals surface area (Å²) in [6, 6.07) is 15.5. The minimum Gasteiger partial charge on any atom is -0.491 e. The zero-order valence-corrected chi connectivity index (χ0v) is 17.1. The third-order valence-electron chi connectivity index (χ3n) is 4.14. The van der Waals surface area contributed by atoms with E-state index in [9.17, 15) is 9.59 Å². The van der Waals surface area contributed by atoms with E-state index in [4.69, 9.17) is 9.26 Å². The highest BCUT2D eigenvalue weighted by Crippen LogP contribution is 2.24. The fourth-order valence-electron chi connectivity index (χ4n) is 2.65. The third-order valence-corrected chi connectivity index (χ3v) is 5.29. The van der Waals surface area contributed by atoms with Gasteiger partial charge in [0.25, 0.3) is 0 Å². The number of ether oxygens (including phenoxy) is 1. The Morgan fingerprint density at radius 2 is 2.00 bits per heavy atom. The van der Waals surface area contributed by atoms with Gasteiger partial charge in [-0.1, -0.05) is 41.6 Å². The van der Waals surface area contributed by atoms with Crippen LogP contribution in [0.15, 0.2) is 53.1 Å². The molecule has 3 aromatic rings. The first-order valence-electron chi connectivity index (χ1n) is 9.26. The van der Waals surface area contributed by atoms with Crippen LogP contribution < -0.4 is 15.4 Å². The van der Waals surface area contributed by atoms with Crippen molar-refractivity contribution in [3.05, 3.63) is 54.3 Å². The van der Waals surface area contributed by atoms with Crippen LogP contribution in [0.3, 0.4) is 0 Å². The number of aryl methyl sites for hydroxylation is 1. The van der Waals surface area contributed by atoms with Gasteiger partial charge >= 0.3 is 0 Å². The summed E-state index contributed by atoms with van der Waals surface area (Å²) < 4.78 is 10.7. The Hall–Kier alpha value is -3.00. The molecule has 0 aliphatic heterocycles. The van der Waals surface area contributed by atoms with Crippen molar-refractivity contribution in [1.82, 2.24) is 10.5 Å². The van der Waals surface area contributed by atoms with Gasteiger partial charge in [-0.3, -0.25) is 9.59 Å². The van der Waals surface area contributed by atoms with E-state index in [1.165, 1.54) is 11.8 Å². The first-order chi connectivity index (χ1) is 14.0. The third kappa shape index (κ3) is 5.99. The molecule has 0 saturated carbocycles. The number of thioether (sulfide) groups is 1.